The molecular weight excluding hydrogens is 288 g/mol. The van der Waals surface area contributed by atoms with Crippen molar-refractivity contribution in [2.24, 2.45) is 5.73 Å². The van der Waals surface area contributed by atoms with Crippen LogP contribution in [0.2, 0.25) is 0 Å². The summed E-state index contributed by atoms with van der Waals surface area (Å²) >= 11 is 0. The molecule has 1 saturated carbocycles. The third kappa shape index (κ3) is 3.10. The van der Waals surface area contributed by atoms with Crippen molar-refractivity contribution in [3.05, 3.63) is 11.4 Å². The molecule has 4 N–H and O–H groups in total. The van der Waals surface area contributed by atoms with Crippen molar-refractivity contribution in [3.63, 3.8) is 0 Å². The molecule has 0 spiro atoms. The molecule has 1 fully saturated rings. The lowest BCUT2D eigenvalue weighted by molar-refractivity contribution is 0.399. The maximum atomic E-state index is 12.4. The first-order valence-corrected chi connectivity index (χ1v) is 7.64. The molecule has 0 aliphatic heterocycles. The fourth-order valence-corrected chi connectivity index (χ4v) is 4.52. The first kappa shape index (κ1) is 16.4. The zero-order valence-corrected chi connectivity index (χ0v) is 12.8. The lowest BCUT2D eigenvalue weighted by Crippen LogP contribution is -2.51. The number of sulfonamides is 1. The van der Waals surface area contributed by atoms with Crippen LogP contribution in [-0.2, 0) is 10.0 Å². The van der Waals surface area contributed by atoms with Gasteiger partial charge in [0, 0.05) is 12.1 Å². The van der Waals surface area contributed by atoms with Crippen LogP contribution < -0.4 is 10.5 Å². The predicted molar refractivity (Wildman–Crippen MR) is 75.9 cm³/mol. The number of hydrogen-bond donors (Lipinski definition) is 3. The molecule has 0 atom stereocenters. The first-order chi connectivity index (χ1) is 8.40. The molecule has 1 heterocycles. The van der Waals surface area contributed by atoms with E-state index in [1.54, 1.807) is 13.8 Å². The van der Waals surface area contributed by atoms with Gasteiger partial charge in [0.2, 0.25) is 10.0 Å². The standard InChI is InChI=1S/C11H20N4O2S.ClH/c1-8-10(9(2)14-13-8)18(16,17)15-11(7-12)5-3-4-6-11;/h15H,3-7,12H2,1-2H3,(H,13,14);1H. The second kappa shape index (κ2) is 5.78. The summed E-state index contributed by atoms with van der Waals surface area (Å²) in [5.74, 6) is 0. The molecule has 2 rings (SSSR count). The van der Waals surface area contributed by atoms with Crippen molar-refractivity contribution in [1.29, 1.82) is 0 Å². The highest BCUT2D eigenvalue weighted by molar-refractivity contribution is 7.89. The van der Waals surface area contributed by atoms with Gasteiger partial charge < -0.3 is 5.73 Å². The Kier molecular flexibility index (Phi) is 5.00. The molecule has 1 aromatic heterocycles. The minimum Gasteiger partial charge on any atom is -0.329 e. The Bertz CT molecular complexity index is 515. The average Bonchev–Trinajstić information content (AvgIpc) is 2.86. The summed E-state index contributed by atoms with van der Waals surface area (Å²) in [5, 5.41) is 6.63. The van der Waals surface area contributed by atoms with Gasteiger partial charge in [0.15, 0.2) is 0 Å². The van der Waals surface area contributed by atoms with E-state index in [1.165, 1.54) is 0 Å². The SMILES string of the molecule is Cc1n[nH]c(C)c1S(=O)(=O)NC1(CN)CCCC1.Cl. The van der Waals surface area contributed by atoms with E-state index in [0.717, 1.165) is 25.7 Å². The fourth-order valence-electron chi connectivity index (χ4n) is 2.67. The maximum Gasteiger partial charge on any atom is 0.244 e. The topological polar surface area (TPSA) is 101 Å². The molecule has 0 saturated heterocycles. The lowest BCUT2D eigenvalue weighted by atomic mass is 10.0. The van der Waals surface area contributed by atoms with E-state index in [-0.39, 0.29) is 17.3 Å². The van der Waals surface area contributed by atoms with Gasteiger partial charge in [0.25, 0.3) is 0 Å². The van der Waals surface area contributed by atoms with E-state index in [1.807, 2.05) is 0 Å². The highest BCUT2D eigenvalue weighted by atomic mass is 35.5. The molecule has 0 radical (unpaired) electrons. The molecule has 1 aliphatic rings. The molecule has 0 bridgehead atoms. The smallest absolute Gasteiger partial charge is 0.244 e. The zero-order chi connectivity index (χ0) is 13.4. The normalized spacial score (nSPS) is 18.3. The van der Waals surface area contributed by atoms with Gasteiger partial charge in [-0.05, 0) is 26.7 Å². The number of H-pyrrole nitrogens is 1. The van der Waals surface area contributed by atoms with Gasteiger partial charge in [0.1, 0.15) is 4.90 Å². The molecule has 1 aromatic rings. The van der Waals surface area contributed by atoms with Crippen LogP contribution in [0.15, 0.2) is 4.90 Å². The minimum absolute atomic E-state index is 0. The zero-order valence-electron chi connectivity index (χ0n) is 11.2. The van der Waals surface area contributed by atoms with Crippen molar-refractivity contribution in [1.82, 2.24) is 14.9 Å². The molecule has 8 heteroatoms. The van der Waals surface area contributed by atoms with E-state index in [0.29, 0.717) is 17.9 Å². The molecular formula is C11H21ClN4O2S. The molecule has 6 nitrogen and oxygen atoms in total. The fraction of sp³-hybridized carbons (Fsp3) is 0.727. The number of aromatic nitrogens is 2. The minimum atomic E-state index is -3.56. The van der Waals surface area contributed by atoms with Crippen LogP contribution in [-0.4, -0.2) is 30.7 Å². The van der Waals surface area contributed by atoms with Gasteiger partial charge >= 0.3 is 0 Å². The Labute approximate surface area is 120 Å². The van der Waals surface area contributed by atoms with Crippen LogP contribution in [0.5, 0.6) is 0 Å². The van der Waals surface area contributed by atoms with Crippen LogP contribution in [0.3, 0.4) is 0 Å². The number of rotatable bonds is 4. The van der Waals surface area contributed by atoms with Gasteiger partial charge in [-0.1, -0.05) is 12.8 Å². The summed E-state index contributed by atoms with van der Waals surface area (Å²) in [4.78, 5) is 0.252. The largest absolute Gasteiger partial charge is 0.329 e. The third-order valence-corrected chi connectivity index (χ3v) is 5.47. The Balaban J connectivity index is 0.00000180. The maximum absolute atomic E-state index is 12.4. The monoisotopic (exact) mass is 308 g/mol. The summed E-state index contributed by atoms with van der Waals surface area (Å²) in [5.41, 5.74) is 6.33. The van der Waals surface area contributed by atoms with Crippen LogP contribution in [0.4, 0.5) is 0 Å². The number of nitrogens with two attached hydrogens (primary N) is 1. The number of aryl methyl sites for hydroxylation is 2. The van der Waals surface area contributed by atoms with Crippen molar-refractivity contribution < 1.29 is 8.42 Å². The van der Waals surface area contributed by atoms with Gasteiger partial charge in [-0.3, -0.25) is 5.10 Å². The molecule has 0 amide bonds. The lowest BCUT2D eigenvalue weighted by Gasteiger charge is -2.28. The van der Waals surface area contributed by atoms with Crippen LogP contribution in [0.1, 0.15) is 37.1 Å². The second-order valence-electron chi connectivity index (χ2n) is 5.06. The van der Waals surface area contributed by atoms with Crippen LogP contribution in [0.25, 0.3) is 0 Å². The number of nitrogens with one attached hydrogen (secondary N) is 2. The summed E-state index contributed by atoms with van der Waals surface area (Å²) in [6.07, 6.45) is 3.64. The number of halogens is 1. The summed E-state index contributed by atoms with van der Waals surface area (Å²) in [7, 11) is -3.56. The molecule has 1 aliphatic carbocycles. The predicted octanol–water partition coefficient (Wildman–Crippen LogP) is 0.998. The van der Waals surface area contributed by atoms with Gasteiger partial charge in [-0.15, -0.1) is 12.4 Å². The third-order valence-electron chi connectivity index (χ3n) is 3.63. The Hall–Kier alpha value is -0.630. The number of hydrogen-bond acceptors (Lipinski definition) is 4. The Morgan fingerprint density at radius 1 is 1.37 bits per heavy atom. The Morgan fingerprint density at radius 2 is 1.95 bits per heavy atom. The van der Waals surface area contributed by atoms with E-state index < -0.39 is 15.6 Å². The molecule has 110 valence electrons. The van der Waals surface area contributed by atoms with Gasteiger partial charge in [0.05, 0.1) is 11.4 Å². The van der Waals surface area contributed by atoms with E-state index in [2.05, 4.69) is 14.9 Å². The van der Waals surface area contributed by atoms with Gasteiger partial charge in [-0.25, -0.2) is 13.1 Å². The van der Waals surface area contributed by atoms with Crippen LogP contribution in [0, 0.1) is 13.8 Å². The second-order valence-corrected chi connectivity index (χ2v) is 6.68. The quantitative estimate of drug-likeness (QED) is 0.772. The molecule has 0 unspecified atom stereocenters. The van der Waals surface area contributed by atoms with Gasteiger partial charge in [-0.2, -0.15) is 5.10 Å². The average molecular weight is 309 g/mol. The van der Waals surface area contributed by atoms with Crippen LogP contribution >= 0.6 is 12.4 Å². The van der Waals surface area contributed by atoms with E-state index >= 15 is 0 Å². The molecule has 0 aromatic carbocycles. The molecule has 19 heavy (non-hydrogen) atoms. The summed E-state index contributed by atoms with van der Waals surface area (Å²) < 4.78 is 27.6. The Morgan fingerprint density at radius 3 is 2.37 bits per heavy atom. The summed E-state index contributed by atoms with van der Waals surface area (Å²) in [6.45, 7) is 3.72. The summed E-state index contributed by atoms with van der Waals surface area (Å²) in [6, 6.07) is 0. The van der Waals surface area contributed by atoms with Crippen molar-refractivity contribution in [2.75, 3.05) is 6.54 Å². The van der Waals surface area contributed by atoms with Crippen molar-refractivity contribution in [2.45, 2.75) is 50.0 Å². The van der Waals surface area contributed by atoms with Crippen molar-refractivity contribution in [3.8, 4) is 0 Å². The first-order valence-electron chi connectivity index (χ1n) is 6.16. The number of aromatic amines is 1. The van der Waals surface area contributed by atoms with E-state index in [4.69, 9.17) is 5.73 Å². The number of nitrogens with zero attached hydrogens (tertiary/aromatic N) is 1. The van der Waals surface area contributed by atoms with E-state index in [9.17, 15) is 8.42 Å². The highest BCUT2D eigenvalue weighted by Crippen LogP contribution is 2.31. The van der Waals surface area contributed by atoms with Crippen molar-refractivity contribution >= 4 is 22.4 Å². The highest BCUT2D eigenvalue weighted by Gasteiger charge is 2.38.